The van der Waals surface area contributed by atoms with Crippen LogP contribution in [0.15, 0.2) is 42.5 Å². The molecular weight excluding hydrogens is 353 g/mol. The predicted molar refractivity (Wildman–Crippen MR) is 93.0 cm³/mol. The average Bonchev–Trinajstić information content (AvgIpc) is 2.53. The molecule has 7 heteroatoms. The van der Waals surface area contributed by atoms with E-state index in [0.29, 0.717) is 11.3 Å². The van der Waals surface area contributed by atoms with Crippen molar-refractivity contribution in [3.63, 3.8) is 0 Å². The summed E-state index contributed by atoms with van der Waals surface area (Å²) in [6.07, 6.45) is 0. The molecule has 0 heterocycles. The van der Waals surface area contributed by atoms with Crippen molar-refractivity contribution in [2.45, 2.75) is 18.9 Å². The number of hydrogen-bond donors (Lipinski definition) is 3. The quantitative estimate of drug-likeness (QED) is 0.703. The van der Waals surface area contributed by atoms with E-state index in [1.165, 1.54) is 0 Å². The molecule has 0 aliphatic carbocycles. The largest absolute Gasteiger partial charge is 0.481 e. The smallest absolute Gasteiger partial charge is 0.330 e. The van der Waals surface area contributed by atoms with E-state index in [1.807, 2.05) is 0 Å². The molecule has 0 amide bonds. The maximum Gasteiger partial charge on any atom is 0.330 e. The first-order chi connectivity index (χ1) is 11.3. The Morgan fingerprint density at radius 3 is 2.12 bits per heavy atom. The molecule has 126 valence electrons. The third-order valence-corrected chi connectivity index (χ3v) is 4.26. The SMILES string of the molecule is CC(C(=O)O)c1cccc(NC(C(=O)O)c2c(Cl)cccc2Cl)c1. The third-order valence-electron chi connectivity index (χ3n) is 3.60. The molecule has 0 aromatic heterocycles. The van der Waals surface area contributed by atoms with Gasteiger partial charge in [-0.1, -0.05) is 41.4 Å². The van der Waals surface area contributed by atoms with Crippen LogP contribution < -0.4 is 5.32 Å². The summed E-state index contributed by atoms with van der Waals surface area (Å²) in [7, 11) is 0. The molecule has 2 atom stereocenters. The first-order valence-electron chi connectivity index (χ1n) is 7.07. The Balaban J connectivity index is 2.38. The maximum atomic E-state index is 11.7. The van der Waals surface area contributed by atoms with Crippen LogP contribution in [0, 0.1) is 0 Å². The number of aliphatic carboxylic acids is 2. The lowest BCUT2D eigenvalue weighted by molar-refractivity contribution is -0.139. The van der Waals surface area contributed by atoms with Gasteiger partial charge in [0.05, 0.1) is 5.92 Å². The molecule has 0 radical (unpaired) electrons. The normalized spacial score (nSPS) is 13.1. The third kappa shape index (κ3) is 3.99. The Hall–Kier alpha value is -2.24. The molecule has 24 heavy (non-hydrogen) atoms. The van der Waals surface area contributed by atoms with Crippen LogP contribution in [0.25, 0.3) is 0 Å². The number of carboxylic acids is 2. The minimum absolute atomic E-state index is 0.234. The topological polar surface area (TPSA) is 86.6 Å². The van der Waals surface area contributed by atoms with Crippen molar-refractivity contribution >= 4 is 40.8 Å². The molecule has 0 bridgehead atoms. The highest BCUT2D eigenvalue weighted by Gasteiger charge is 2.25. The van der Waals surface area contributed by atoms with Crippen LogP contribution in [-0.2, 0) is 9.59 Å². The van der Waals surface area contributed by atoms with Crippen LogP contribution in [-0.4, -0.2) is 22.2 Å². The Bertz CT molecular complexity index is 759. The van der Waals surface area contributed by atoms with Crippen LogP contribution in [0.3, 0.4) is 0 Å². The highest BCUT2D eigenvalue weighted by Crippen LogP contribution is 2.33. The second-order valence-electron chi connectivity index (χ2n) is 5.24. The summed E-state index contributed by atoms with van der Waals surface area (Å²) in [5.41, 5.74) is 1.27. The molecular formula is C17H15Cl2NO4. The van der Waals surface area contributed by atoms with Crippen molar-refractivity contribution in [2.24, 2.45) is 0 Å². The van der Waals surface area contributed by atoms with Crippen molar-refractivity contribution < 1.29 is 19.8 Å². The minimum atomic E-state index is -1.17. The van der Waals surface area contributed by atoms with Crippen LogP contribution in [0.2, 0.25) is 10.0 Å². The zero-order chi connectivity index (χ0) is 17.9. The average molecular weight is 368 g/mol. The zero-order valence-corrected chi connectivity index (χ0v) is 14.2. The van der Waals surface area contributed by atoms with Crippen molar-refractivity contribution in [3.05, 3.63) is 63.6 Å². The van der Waals surface area contributed by atoms with E-state index in [0.717, 1.165) is 0 Å². The van der Waals surface area contributed by atoms with E-state index in [2.05, 4.69) is 5.32 Å². The number of nitrogens with one attached hydrogen (secondary N) is 1. The Kier molecular flexibility index (Phi) is 5.70. The Morgan fingerprint density at radius 1 is 1.00 bits per heavy atom. The minimum Gasteiger partial charge on any atom is -0.481 e. The maximum absolute atomic E-state index is 11.7. The highest BCUT2D eigenvalue weighted by molar-refractivity contribution is 6.36. The molecule has 0 aliphatic rings. The summed E-state index contributed by atoms with van der Waals surface area (Å²) in [5, 5.41) is 21.9. The van der Waals surface area contributed by atoms with E-state index < -0.39 is 23.9 Å². The first kappa shape index (κ1) is 18.1. The molecule has 5 nitrogen and oxygen atoms in total. The van der Waals surface area contributed by atoms with Gasteiger partial charge in [-0.05, 0) is 36.8 Å². The molecule has 0 saturated heterocycles. The number of halogens is 2. The van der Waals surface area contributed by atoms with Crippen LogP contribution >= 0.6 is 23.2 Å². The Morgan fingerprint density at radius 2 is 1.58 bits per heavy atom. The molecule has 2 unspecified atom stereocenters. The lowest BCUT2D eigenvalue weighted by Gasteiger charge is -2.19. The van der Waals surface area contributed by atoms with Gasteiger partial charge in [-0.2, -0.15) is 0 Å². The standard InChI is InChI=1S/C17H15Cl2NO4/c1-9(16(21)22)10-4-2-5-11(8-10)20-15(17(23)24)14-12(18)6-3-7-13(14)19/h2-9,15,20H,1H3,(H,21,22)(H,23,24). The lowest BCUT2D eigenvalue weighted by atomic mass is 10.0. The number of carbonyl (C=O) groups is 2. The number of hydrogen-bond acceptors (Lipinski definition) is 3. The molecule has 0 aliphatic heterocycles. The fourth-order valence-electron chi connectivity index (χ4n) is 2.25. The van der Waals surface area contributed by atoms with E-state index in [9.17, 15) is 14.7 Å². The predicted octanol–water partition coefficient (Wildman–Crippen LogP) is 4.42. The van der Waals surface area contributed by atoms with Gasteiger partial charge in [0.1, 0.15) is 0 Å². The van der Waals surface area contributed by atoms with Gasteiger partial charge in [0, 0.05) is 21.3 Å². The van der Waals surface area contributed by atoms with Crippen molar-refractivity contribution in [1.29, 1.82) is 0 Å². The fraction of sp³-hybridized carbons (Fsp3) is 0.176. The summed E-state index contributed by atoms with van der Waals surface area (Å²) in [4.78, 5) is 22.8. The molecule has 2 rings (SSSR count). The highest BCUT2D eigenvalue weighted by atomic mass is 35.5. The summed E-state index contributed by atoms with van der Waals surface area (Å²) in [6, 6.07) is 10.2. The monoisotopic (exact) mass is 367 g/mol. The number of rotatable bonds is 6. The molecule has 0 fully saturated rings. The van der Waals surface area contributed by atoms with Crippen LogP contribution in [0.4, 0.5) is 5.69 Å². The van der Waals surface area contributed by atoms with Gasteiger partial charge < -0.3 is 15.5 Å². The zero-order valence-electron chi connectivity index (χ0n) is 12.7. The molecule has 2 aromatic carbocycles. The summed E-state index contributed by atoms with van der Waals surface area (Å²) in [5.74, 6) is -2.82. The van der Waals surface area contributed by atoms with Crippen molar-refractivity contribution in [2.75, 3.05) is 5.32 Å². The summed E-state index contributed by atoms with van der Waals surface area (Å²) >= 11 is 12.2. The number of benzene rings is 2. The van der Waals surface area contributed by atoms with Crippen molar-refractivity contribution in [3.8, 4) is 0 Å². The van der Waals surface area contributed by atoms with E-state index in [4.69, 9.17) is 28.3 Å². The first-order valence-corrected chi connectivity index (χ1v) is 7.83. The Labute approximate surface area is 148 Å². The molecule has 0 spiro atoms. The summed E-state index contributed by atoms with van der Waals surface area (Å²) < 4.78 is 0. The lowest BCUT2D eigenvalue weighted by Crippen LogP contribution is -2.21. The van der Waals surface area contributed by atoms with Crippen LogP contribution in [0.1, 0.15) is 30.0 Å². The molecule has 3 N–H and O–H groups in total. The number of anilines is 1. The second-order valence-corrected chi connectivity index (χ2v) is 6.05. The number of carboxylic acid groups (broad SMARTS) is 2. The van der Waals surface area contributed by atoms with E-state index >= 15 is 0 Å². The molecule has 2 aromatic rings. The van der Waals surface area contributed by atoms with Gasteiger partial charge in [0.2, 0.25) is 0 Å². The van der Waals surface area contributed by atoms with Gasteiger partial charge in [-0.3, -0.25) is 4.79 Å². The van der Waals surface area contributed by atoms with Crippen molar-refractivity contribution in [1.82, 2.24) is 0 Å². The van der Waals surface area contributed by atoms with E-state index in [1.54, 1.807) is 49.4 Å². The molecule has 0 saturated carbocycles. The summed E-state index contributed by atoms with van der Waals surface area (Å²) in [6.45, 7) is 1.56. The van der Waals surface area contributed by atoms with Gasteiger partial charge in [0.15, 0.2) is 6.04 Å². The van der Waals surface area contributed by atoms with E-state index in [-0.39, 0.29) is 15.6 Å². The van der Waals surface area contributed by atoms with Gasteiger partial charge in [0.25, 0.3) is 0 Å². The van der Waals surface area contributed by atoms with Gasteiger partial charge in [-0.25, -0.2) is 4.79 Å². The fourth-order valence-corrected chi connectivity index (χ4v) is 2.87. The van der Waals surface area contributed by atoms with Gasteiger partial charge in [-0.15, -0.1) is 0 Å². The van der Waals surface area contributed by atoms with Crippen LogP contribution in [0.5, 0.6) is 0 Å². The van der Waals surface area contributed by atoms with Gasteiger partial charge >= 0.3 is 11.9 Å². The second kappa shape index (κ2) is 7.55.